The highest BCUT2D eigenvalue weighted by molar-refractivity contribution is 6.12. The molecule has 0 aliphatic carbocycles. The lowest BCUT2D eigenvalue weighted by Crippen LogP contribution is -2.10. The fraction of sp³-hybridized carbons (Fsp3) is 0. The predicted molar refractivity (Wildman–Crippen MR) is 274 cm³/mol. The number of benzene rings is 11. The fourth-order valence-electron chi connectivity index (χ4n) is 10.2. The molecular formula is C62H40N2O. The number of para-hydroxylation sites is 5. The molecule has 13 aromatic rings. The predicted octanol–water partition coefficient (Wildman–Crippen LogP) is 17.5. The highest BCUT2D eigenvalue weighted by atomic mass is 16.3. The summed E-state index contributed by atoms with van der Waals surface area (Å²) in [7, 11) is 0. The highest BCUT2D eigenvalue weighted by Gasteiger charge is 2.20. The Balaban J connectivity index is 0.932. The molecule has 0 unspecified atom stereocenters. The van der Waals surface area contributed by atoms with E-state index in [1.807, 2.05) is 12.1 Å². The molecule has 13 rings (SSSR count). The van der Waals surface area contributed by atoms with E-state index in [4.69, 9.17) is 4.42 Å². The smallest absolute Gasteiger partial charge is 0.143 e. The summed E-state index contributed by atoms with van der Waals surface area (Å²) in [5.41, 5.74) is 15.5. The van der Waals surface area contributed by atoms with Crippen LogP contribution in [0.15, 0.2) is 247 Å². The fourth-order valence-corrected chi connectivity index (χ4v) is 10.2. The van der Waals surface area contributed by atoms with E-state index in [0.29, 0.717) is 0 Å². The van der Waals surface area contributed by atoms with Gasteiger partial charge in [-0.1, -0.05) is 182 Å². The Morgan fingerprint density at radius 2 is 0.800 bits per heavy atom. The lowest BCUT2D eigenvalue weighted by atomic mass is 9.93. The van der Waals surface area contributed by atoms with Gasteiger partial charge in [-0.2, -0.15) is 0 Å². The van der Waals surface area contributed by atoms with Gasteiger partial charge in [-0.25, -0.2) is 0 Å². The molecule has 0 amide bonds. The molecule has 2 heterocycles. The van der Waals surface area contributed by atoms with Gasteiger partial charge in [0.25, 0.3) is 0 Å². The third-order valence-corrected chi connectivity index (χ3v) is 13.2. The Labute approximate surface area is 376 Å². The normalized spacial score (nSPS) is 11.7. The average molecular weight is 829 g/mol. The average Bonchev–Trinajstić information content (AvgIpc) is 3.93. The summed E-state index contributed by atoms with van der Waals surface area (Å²) in [4.78, 5) is 2.38. The number of anilines is 3. The van der Waals surface area contributed by atoms with Crippen molar-refractivity contribution in [1.29, 1.82) is 0 Å². The summed E-state index contributed by atoms with van der Waals surface area (Å²) in [6.07, 6.45) is 0. The molecule has 304 valence electrons. The van der Waals surface area contributed by atoms with E-state index in [0.717, 1.165) is 61.4 Å². The van der Waals surface area contributed by atoms with Crippen LogP contribution in [0, 0.1) is 0 Å². The molecule has 3 heteroatoms. The molecule has 11 aromatic carbocycles. The van der Waals surface area contributed by atoms with Gasteiger partial charge in [0.2, 0.25) is 0 Å². The van der Waals surface area contributed by atoms with E-state index >= 15 is 0 Å². The minimum atomic E-state index is 0.903. The van der Waals surface area contributed by atoms with Gasteiger partial charge in [0, 0.05) is 49.7 Å². The minimum absolute atomic E-state index is 0.903. The second-order valence-electron chi connectivity index (χ2n) is 16.8. The first-order chi connectivity index (χ1) is 32.2. The second kappa shape index (κ2) is 15.0. The Bertz CT molecular complexity index is 3900. The van der Waals surface area contributed by atoms with Gasteiger partial charge in [0.1, 0.15) is 11.2 Å². The number of aromatic nitrogens is 1. The molecule has 0 fully saturated rings. The zero-order valence-corrected chi connectivity index (χ0v) is 35.4. The molecule has 0 aliphatic heterocycles. The van der Waals surface area contributed by atoms with Gasteiger partial charge in [-0.15, -0.1) is 0 Å². The maximum Gasteiger partial charge on any atom is 0.143 e. The van der Waals surface area contributed by atoms with Crippen molar-refractivity contribution in [3.63, 3.8) is 0 Å². The Morgan fingerprint density at radius 1 is 0.308 bits per heavy atom. The van der Waals surface area contributed by atoms with Crippen LogP contribution < -0.4 is 4.90 Å². The van der Waals surface area contributed by atoms with E-state index in [1.54, 1.807) is 0 Å². The summed E-state index contributed by atoms with van der Waals surface area (Å²) in [5.74, 6) is 0. The largest absolute Gasteiger partial charge is 0.455 e. The molecule has 2 aromatic heterocycles. The van der Waals surface area contributed by atoms with Crippen molar-refractivity contribution >= 4 is 82.4 Å². The van der Waals surface area contributed by atoms with E-state index in [1.165, 1.54) is 60.0 Å². The van der Waals surface area contributed by atoms with Crippen LogP contribution in [0.4, 0.5) is 17.1 Å². The van der Waals surface area contributed by atoms with Crippen LogP contribution in [0.25, 0.3) is 104 Å². The number of hydrogen-bond donors (Lipinski definition) is 0. The molecule has 0 saturated heterocycles. The number of rotatable bonds is 7. The van der Waals surface area contributed by atoms with E-state index < -0.39 is 0 Å². The first-order valence-corrected chi connectivity index (χ1v) is 22.2. The van der Waals surface area contributed by atoms with Gasteiger partial charge >= 0.3 is 0 Å². The third kappa shape index (κ3) is 6.05. The SMILES string of the molecule is c1ccc(-c2ccccc2-n2c3ccccc3c3ccccc32)c(-c2ccc(N(c3ccc(-c4cccc5c4oc4ccccc45)cc3)c3ccc4ccc5ccccc5c4c3)cc2)c1. The minimum Gasteiger partial charge on any atom is -0.455 e. The van der Waals surface area contributed by atoms with Crippen molar-refractivity contribution in [2.75, 3.05) is 4.90 Å². The number of hydrogen-bond acceptors (Lipinski definition) is 2. The zero-order valence-electron chi connectivity index (χ0n) is 35.4. The number of fused-ring (bicyclic) bond motifs is 9. The summed E-state index contributed by atoms with van der Waals surface area (Å²) >= 11 is 0. The van der Waals surface area contributed by atoms with E-state index in [9.17, 15) is 0 Å². The van der Waals surface area contributed by atoms with Crippen molar-refractivity contribution in [3.05, 3.63) is 243 Å². The lowest BCUT2D eigenvalue weighted by molar-refractivity contribution is 0.670. The molecule has 0 aliphatic rings. The van der Waals surface area contributed by atoms with Crippen LogP contribution in [0.5, 0.6) is 0 Å². The van der Waals surface area contributed by atoms with E-state index in [2.05, 4.69) is 240 Å². The molecule has 0 saturated carbocycles. The number of nitrogens with zero attached hydrogens (tertiary/aromatic N) is 2. The summed E-state index contributed by atoms with van der Waals surface area (Å²) in [6.45, 7) is 0. The van der Waals surface area contributed by atoms with Crippen LogP contribution in [-0.4, -0.2) is 4.57 Å². The maximum absolute atomic E-state index is 6.46. The Hall–Kier alpha value is -8.66. The standard InChI is InChI=1S/C62H40N2O/c1-2-16-49-41(14-1)28-29-44-34-39-47(40-57(44)49)63(46-37-32-43(33-38-46)50-22-13-23-56-55-21-8-12-27-61(55)65-62(50)56)45-35-30-42(31-36-45)48-15-3-4-17-51(48)52-18-5-9-24-58(52)64-59-25-10-6-19-53(59)54-20-7-11-26-60(54)64/h1-40H. The lowest BCUT2D eigenvalue weighted by Gasteiger charge is -2.26. The van der Waals surface area contributed by atoms with Gasteiger partial charge in [-0.05, 0) is 104 Å². The number of furan rings is 1. The molecule has 0 bridgehead atoms. The summed E-state index contributed by atoms with van der Waals surface area (Å²) in [5, 5.41) is 9.69. The van der Waals surface area contributed by atoms with Gasteiger partial charge in [0.15, 0.2) is 0 Å². The molecule has 0 N–H and O–H groups in total. The Morgan fingerprint density at radius 3 is 1.52 bits per heavy atom. The van der Waals surface area contributed by atoms with Gasteiger partial charge < -0.3 is 13.9 Å². The summed E-state index contributed by atoms with van der Waals surface area (Å²) < 4.78 is 8.89. The molecule has 0 spiro atoms. The van der Waals surface area contributed by atoms with E-state index in [-0.39, 0.29) is 0 Å². The first kappa shape index (κ1) is 36.9. The quantitative estimate of drug-likeness (QED) is 0.149. The highest BCUT2D eigenvalue weighted by Crippen LogP contribution is 2.43. The van der Waals surface area contributed by atoms with Crippen molar-refractivity contribution < 1.29 is 4.42 Å². The molecule has 65 heavy (non-hydrogen) atoms. The van der Waals surface area contributed by atoms with Crippen molar-refractivity contribution in [2.45, 2.75) is 0 Å². The first-order valence-electron chi connectivity index (χ1n) is 22.2. The monoisotopic (exact) mass is 828 g/mol. The van der Waals surface area contributed by atoms with Crippen molar-refractivity contribution in [3.8, 4) is 39.1 Å². The Kier molecular flexibility index (Phi) is 8.53. The van der Waals surface area contributed by atoms with Gasteiger partial charge in [0.05, 0.1) is 16.7 Å². The van der Waals surface area contributed by atoms with Crippen LogP contribution in [-0.2, 0) is 0 Å². The topological polar surface area (TPSA) is 21.3 Å². The zero-order chi connectivity index (χ0) is 42.8. The van der Waals surface area contributed by atoms with Crippen molar-refractivity contribution in [2.24, 2.45) is 0 Å². The van der Waals surface area contributed by atoms with Crippen LogP contribution in [0.1, 0.15) is 0 Å². The molecule has 3 nitrogen and oxygen atoms in total. The van der Waals surface area contributed by atoms with Gasteiger partial charge in [-0.3, -0.25) is 0 Å². The molecule has 0 radical (unpaired) electrons. The third-order valence-electron chi connectivity index (χ3n) is 13.2. The molecule has 0 atom stereocenters. The second-order valence-corrected chi connectivity index (χ2v) is 16.8. The van der Waals surface area contributed by atoms with Crippen LogP contribution in [0.2, 0.25) is 0 Å². The van der Waals surface area contributed by atoms with Crippen LogP contribution in [0.3, 0.4) is 0 Å². The summed E-state index contributed by atoms with van der Waals surface area (Å²) in [6, 6.07) is 87.7. The van der Waals surface area contributed by atoms with Crippen LogP contribution >= 0.6 is 0 Å². The van der Waals surface area contributed by atoms with Crippen molar-refractivity contribution in [1.82, 2.24) is 4.57 Å². The molecular weight excluding hydrogens is 789 g/mol. The maximum atomic E-state index is 6.46.